The van der Waals surface area contributed by atoms with E-state index in [-0.39, 0.29) is 25.7 Å². The first-order valence-corrected chi connectivity index (χ1v) is 10.5. The van der Waals surface area contributed by atoms with E-state index in [1.165, 1.54) is 6.20 Å². The highest BCUT2D eigenvalue weighted by atomic mass is 31.2. The topological polar surface area (TPSA) is 161 Å². The monoisotopic (exact) mass is 433 g/mol. The van der Waals surface area contributed by atoms with E-state index in [4.69, 9.17) is 28.8 Å². The van der Waals surface area contributed by atoms with Crippen molar-refractivity contribution < 1.29 is 32.4 Å². The van der Waals surface area contributed by atoms with Crippen molar-refractivity contribution in [1.29, 1.82) is 0 Å². The SMILES string of the molecule is CC(C)OC(=O)CCO[P@@]1(=O)OC[C@H]2O[C@@H](n3ccc(=O)[nH]c3=O)[C@](C)(N)[C@@H]2O1. The van der Waals surface area contributed by atoms with Crippen molar-refractivity contribution in [3.63, 3.8) is 0 Å². The van der Waals surface area contributed by atoms with E-state index in [0.29, 0.717) is 0 Å². The lowest BCUT2D eigenvalue weighted by Gasteiger charge is -2.35. The zero-order valence-corrected chi connectivity index (χ0v) is 17.1. The Bertz CT molecular complexity index is 925. The van der Waals surface area contributed by atoms with Gasteiger partial charge in [-0.05, 0) is 20.8 Å². The zero-order valence-electron chi connectivity index (χ0n) is 16.2. The molecule has 3 rings (SSSR count). The van der Waals surface area contributed by atoms with Crippen LogP contribution in [0.25, 0.3) is 0 Å². The van der Waals surface area contributed by atoms with Crippen LogP contribution >= 0.6 is 7.82 Å². The Morgan fingerprint density at radius 2 is 2.21 bits per heavy atom. The highest BCUT2D eigenvalue weighted by Gasteiger charge is 2.59. The molecule has 1 aromatic rings. The summed E-state index contributed by atoms with van der Waals surface area (Å²) in [5, 5.41) is 0. The Hall–Kier alpha value is -1.82. The summed E-state index contributed by atoms with van der Waals surface area (Å²) in [5.74, 6) is -0.508. The lowest BCUT2D eigenvalue weighted by atomic mass is 9.93. The molecule has 162 valence electrons. The molecule has 0 aliphatic carbocycles. The van der Waals surface area contributed by atoms with Crippen LogP contribution in [0.15, 0.2) is 21.9 Å². The normalized spacial score (nSPS) is 34.2. The number of hydrogen-bond donors (Lipinski definition) is 2. The molecule has 29 heavy (non-hydrogen) atoms. The summed E-state index contributed by atoms with van der Waals surface area (Å²) in [5.41, 5.74) is 3.79. The number of ether oxygens (including phenoxy) is 2. The van der Waals surface area contributed by atoms with Crippen molar-refractivity contribution in [2.75, 3.05) is 13.2 Å². The van der Waals surface area contributed by atoms with Crippen LogP contribution in [0.4, 0.5) is 0 Å². The second-order valence-corrected chi connectivity index (χ2v) is 8.92. The Balaban J connectivity index is 1.69. The number of rotatable bonds is 6. The molecular formula is C16H24N3O9P. The number of aromatic nitrogens is 2. The van der Waals surface area contributed by atoms with Crippen LogP contribution in [0, 0.1) is 0 Å². The summed E-state index contributed by atoms with van der Waals surface area (Å²) >= 11 is 0. The molecule has 5 atom stereocenters. The van der Waals surface area contributed by atoms with E-state index in [2.05, 4.69) is 4.98 Å². The van der Waals surface area contributed by atoms with E-state index in [0.717, 1.165) is 10.6 Å². The minimum Gasteiger partial charge on any atom is -0.463 e. The van der Waals surface area contributed by atoms with Gasteiger partial charge in [-0.1, -0.05) is 0 Å². The number of H-pyrrole nitrogens is 1. The lowest BCUT2D eigenvalue weighted by Crippen LogP contribution is -2.55. The molecule has 0 spiro atoms. The van der Waals surface area contributed by atoms with Crippen molar-refractivity contribution in [1.82, 2.24) is 9.55 Å². The summed E-state index contributed by atoms with van der Waals surface area (Å²) in [4.78, 5) is 37.1. The number of carbonyl (C=O) groups is 1. The molecular weight excluding hydrogens is 409 g/mol. The van der Waals surface area contributed by atoms with E-state index < -0.39 is 49.0 Å². The van der Waals surface area contributed by atoms with Crippen molar-refractivity contribution in [3.8, 4) is 0 Å². The number of nitrogens with zero attached hydrogens (tertiary/aromatic N) is 1. The first-order chi connectivity index (χ1) is 13.5. The standard InChI is InChI=1S/C16H24N3O9P/c1-9(2)26-12(21)5-7-24-29(23)25-8-10-13(28-29)16(3,17)14(27-10)19-6-4-11(20)18-15(19)22/h4,6,9-10,13-14H,5,7-8,17H2,1-3H3,(H,18,20,22)/t10-,13-,14-,16-,29+/m1/s1. The number of nitrogens with two attached hydrogens (primary N) is 1. The third kappa shape index (κ3) is 4.68. The van der Waals surface area contributed by atoms with Crippen LogP contribution in [-0.4, -0.2) is 52.6 Å². The summed E-state index contributed by atoms with van der Waals surface area (Å²) in [6, 6.07) is 1.16. The molecule has 2 aliphatic rings. The second-order valence-electron chi connectivity index (χ2n) is 7.30. The minimum absolute atomic E-state index is 0.130. The van der Waals surface area contributed by atoms with Gasteiger partial charge in [-0.15, -0.1) is 0 Å². The molecule has 0 bridgehead atoms. The van der Waals surface area contributed by atoms with Gasteiger partial charge in [-0.2, -0.15) is 0 Å². The summed E-state index contributed by atoms with van der Waals surface area (Å²) in [7, 11) is -4.00. The van der Waals surface area contributed by atoms with Gasteiger partial charge in [0, 0.05) is 12.3 Å². The van der Waals surface area contributed by atoms with E-state index in [1.807, 2.05) is 0 Å². The maximum atomic E-state index is 12.8. The summed E-state index contributed by atoms with van der Waals surface area (Å²) in [6.07, 6.45) is -1.79. The molecule has 0 amide bonds. The van der Waals surface area contributed by atoms with E-state index in [1.54, 1.807) is 20.8 Å². The largest absolute Gasteiger partial charge is 0.475 e. The third-order valence-electron chi connectivity index (χ3n) is 4.45. The van der Waals surface area contributed by atoms with Crippen molar-refractivity contribution in [2.45, 2.75) is 57.3 Å². The van der Waals surface area contributed by atoms with Crippen molar-refractivity contribution >= 4 is 13.8 Å². The maximum absolute atomic E-state index is 12.8. The van der Waals surface area contributed by atoms with Crippen LogP contribution in [-0.2, 0) is 32.4 Å². The van der Waals surface area contributed by atoms with E-state index >= 15 is 0 Å². The number of phosphoric acid groups is 1. The maximum Gasteiger partial charge on any atom is 0.475 e. The Kier molecular flexibility index (Phi) is 6.13. The molecule has 3 N–H and O–H groups in total. The molecule has 2 aliphatic heterocycles. The molecule has 13 heteroatoms. The fourth-order valence-electron chi connectivity index (χ4n) is 3.17. The van der Waals surface area contributed by atoms with Gasteiger partial charge in [0.05, 0.1) is 31.3 Å². The number of hydrogen-bond acceptors (Lipinski definition) is 10. The van der Waals surface area contributed by atoms with Crippen molar-refractivity contribution in [3.05, 3.63) is 33.1 Å². The molecule has 0 radical (unpaired) electrons. The lowest BCUT2D eigenvalue weighted by molar-refractivity contribution is -0.148. The smallest absolute Gasteiger partial charge is 0.463 e. The van der Waals surface area contributed by atoms with Gasteiger partial charge in [-0.25, -0.2) is 9.36 Å². The third-order valence-corrected chi connectivity index (χ3v) is 5.90. The highest BCUT2D eigenvalue weighted by molar-refractivity contribution is 7.48. The van der Waals surface area contributed by atoms with Gasteiger partial charge in [-0.3, -0.25) is 32.7 Å². The van der Waals surface area contributed by atoms with E-state index in [9.17, 15) is 18.9 Å². The van der Waals surface area contributed by atoms with Crippen LogP contribution < -0.4 is 17.0 Å². The average molecular weight is 433 g/mol. The highest BCUT2D eigenvalue weighted by Crippen LogP contribution is 2.58. The molecule has 0 aromatic carbocycles. The molecule has 3 heterocycles. The van der Waals surface area contributed by atoms with Crippen LogP contribution in [0.1, 0.15) is 33.4 Å². The predicted octanol–water partition coefficient (Wildman–Crippen LogP) is 0.0332. The van der Waals surface area contributed by atoms with Crippen molar-refractivity contribution in [2.24, 2.45) is 5.73 Å². The fourth-order valence-corrected chi connectivity index (χ4v) is 4.66. The minimum atomic E-state index is -4.00. The summed E-state index contributed by atoms with van der Waals surface area (Å²) < 4.78 is 40.6. The first-order valence-electron chi connectivity index (χ1n) is 9.04. The number of esters is 1. The Labute approximate surface area is 165 Å². The number of nitrogens with one attached hydrogen (secondary N) is 1. The van der Waals surface area contributed by atoms with Gasteiger partial charge in [0.1, 0.15) is 12.2 Å². The van der Waals surface area contributed by atoms with Crippen LogP contribution in [0.3, 0.4) is 0 Å². The quantitative estimate of drug-likeness (QED) is 0.462. The van der Waals surface area contributed by atoms with Crippen LogP contribution in [0.2, 0.25) is 0 Å². The van der Waals surface area contributed by atoms with Gasteiger partial charge in [0.2, 0.25) is 0 Å². The Morgan fingerprint density at radius 1 is 1.48 bits per heavy atom. The fraction of sp³-hybridized carbons (Fsp3) is 0.688. The van der Waals surface area contributed by atoms with Gasteiger partial charge < -0.3 is 15.2 Å². The average Bonchev–Trinajstić information content (AvgIpc) is 2.85. The zero-order chi connectivity index (χ0) is 21.4. The molecule has 12 nitrogen and oxygen atoms in total. The van der Waals surface area contributed by atoms with Gasteiger partial charge in [0.15, 0.2) is 6.23 Å². The van der Waals surface area contributed by atoms with Gasteiger partial charge in [0.25, 0.3) is 5.56 Å². The number of fused-ring (bicyclic) bond motifs is 1. The number of aromatic amines is 1. The molecule has 1 aromatic heterocycles. The molecule has 2 saturated heterocycles. The van der Waals surface area contributed by atoms with Gasteiger partial charge >= 0.3 is 19.5 Å². The summed E-state index contributed by atoms with van der Waals surface area (Å²) in [6.45, 7) is 4.60. The predicted molar refractivity (Wildman–Crippen MR) is 98.1 cm³/mol. The number of phosphoric ester groups is 1. The Morgan fingerprint density at radius 3 is 2.86 bits per heavy atom. The molecule has 0 saturated carbocycles. The molecule has 0 unspecified atom stereocenters. The number of carbonyl (C=O) groups excluding carboxylic acids is 1. The van der Waals surface area contributed by atoms with Crippen LogP contribution in [0.5, 0.6) is 0 Å². The second kappa shape index (κ2) is 8.13. The first kappa shape index (κ1) is 21.9. The molecule has 2 fully saturated rings.